The van der Waals surface area contributed by atoms with Crippen LogP contribution in [-0.4, -0.2) is 38.6 Å². The molecule has 0 spiro atoms. The van der Waals surface area contributed by atoms with Gasteiger partial charge < -0.3 is 19.7 Å². The van der Waals surface area contributed by atoms with E-state index in [0.29, 0.717) is 23.6 Å². The SMILES string of the molecule is COc1ccc(OC)c(C(=O)N[C@H]2CC(=O)N(c3ccccc3)C2)c1. The molecule has 1 aliphatic heterocycles. The molecule has 1 fully saturated rings. The minimum atomic E-state index is -0.288. The van der Waals surface area contributed by atoms with Crippen LogP contribution < -0.4 is 19.7 Å². The Hall–Kier alpha value is -3.02. The highest BCUT2D eigenvalue weighted by molar-refractivity contribution is 6.00. The number of carbonyl (C=O) groups is 2. The van der Waals surface area contributed by atoms with Crippen LogP contribution in [0.4, 0.5) is 5.69 Å². The summed E-state index contributed by atoms with van der Waals surface area (Å²) in [5.41, 5.74) is 1.22. The summed E-state index contributed by atoms with van der Waals surface area (Å²) in [5.74, 6) is 0.736. The van der Waals surface area contributed by atoms with E-state index in [0.717, 1.165) is 5.69 Å². The lowest BCUT2D eigenvalue weighted by molar-refractivity contribution is -0.117. The van der Waals surface area contributed by atoms with Gasteiger partial charge in [0.1, 0.15) is 11.5 Å². The first-order valence-electron chi connectivity index (χ1n) is 8.00. The zero-order valence-electron chi connectivity index (χ0n) is 14.2. The smallest absolute Gasteiger partial charge is 0.255 e. The number of nitrogens with one attached hydrogen (secondary N) is 1. The minimum Gasteiger partial charge on any atom is -0.497 e. The van der Waals surface area contributed by atoms with E-state index in [9.17, 15) is 9.59 Å². The zero-order valence-corrected chi connectivity index (χ0v) is 14.2. The monoisotopic (exact) mass is 340 g/mol. The quantitative estimate of drug-likeness (QED) is 0.906. The van der Waals surface area contributed by atoms with Crippen LogP contribution in [0.2, 0.25) is 0 Å². The summed E-state index contributed by atoms with van der Waals surface area (Å²) in [5, 5.41) is 2.91. The average Bonchev–Trinajstić information content (AvgIpc) is 3.01. The van der Waals surface area contributed by atoms with Crippen molar-refractivity contribution in [3.05, 3.63) is 54.1 Å². The summed E-state index contributed by atoms with van der Waals surface area (Å²) in [6.07, 6.45) is 0.271. The fraction of sp³-hybridized carbons (Fsp3) is 0.263. The number of benzene rings is 2. The van der Waals surface area contributed by atoms with Crippen LogP contribution in [-0.2, 0) is 4.79 Å². The van der Waals surface area contributed by atoms with Gasteiger partial charge in [-0.3, -0.25) is 9.59 Å². The van der Waals surface area contributed by atoms with E-state index in [4.69, 9.17) is 9.47 Å². The highest BCUT2D eigenvalue weighted by Crippen LogP contribution is 2.25. The number of para-hydroxylation sites is 1. The highest BCUT2D eigenvalue weighted by Gasteiger charge is 2.32. The Morgan fingerprint density at radius 2 is 1.88 bits per heavy atom. The molecule has 0 bridgehead atoms. The molecule has 0 aromatic heterocycles. The van der Waals surface area contributed by atoms with Gasteiger partial charge in [-0.1, -0.05) is 18.2 Å². The Kier molecular flexibility index (Phi) is 4.88. The summed E-state index contributed by atoms with van der Waals surface area (Å²) in [6, 6.07) is 14.2. The topological polar surface area (TPSA) is 67.9 Å². The number of hydrogen-bond acceptors (Lipinski definition) is 4. The van der Waals surface area contributed by atoms with E-state index in [1.807, 2.05) is 30.3 Å². The van der Waals surface area contributed by atoms with Crippen molar-refractivity contribution in [3.8, 4) is 11.5 Å². The molecule has 25 heavy (non-hydrogen) atoms. The number of amides is 2. The molecule has 2 amide bonds. The van der Waals surface area contributed by atoms with Crippen molar-refractivity contribution in [1.29, 1.82) is 0 Å². The fourth-order valence-electron chi connectivity index (χ4n) is 2.92. The Bertz CT molecular complexity index is 776. The van der Waals surface area contributed by atoms with E-state index in [1.54, 1.807) is 23.1 Å². The lowest BCUT2D eigenvalue weighted by atomic mass is 10.1. The second-order valence-electron chi connectivity index (χ2n) is 5.78. The third kappa shape index (κ3) is 3.57. The van der Waals surface area contributed by atoms with E-state index in [2.05, 4.69) is 5.32 Å². The maximum absolute atomic E-state index is 12.6. The van der Waals surface area contributed by atoms with Crippen molar-refractivity contribution in [2.24, 2.45) is 0 Å². The van der Waals surface area contributed by atoms with Crippen LogP contribution in [0.25, 0.3) is 0 Å². The molecule has 6 nitrogen and oxygen atoms in total. The molecule has 1 atom stereocenters. The standard InChI is InChI=1S/C19H20N2O4/c1-24-15-8-9-17(25-2)16(11-15)19(23)20-13-10-18(22)21(12-13)14-6-4-3-5-7-14/h3-9,11,13H,10,12H2,1-2H3,(H,20,23)/t13-/m0/s1. The van der Waals surface area contributed by atoms with Crippen molar-refractivity contribution >= 4 is 17.5 Å². The molecule has 1 N–H and O–H groups in total. The summed E-state index contributed by atoms with van der Waals surface area (Å²) in [7, 11) is 3.05. The van der Waals surface area contributed by atoms with Crippen molar-refractivity contribution < 1.29 is 19.1 Å². The van der Waals surface area contributed by atoms with Gasteiger partial charge in [-0.05, 0) is 30.3 Å². The minimum absolute atomic E-state index is 0.00546. The molecule has 1 saturated heterocycles. The second kappa shape index (κ2) is 7.25. The predicted octanol–water partition coefficient (Wildman–Crippen LogP) is 2.24. The third-order valence-corrected chi connectivity index (χ3v) is 4.18. The third-order valence-electron chi connectivity index (χ3n) is 4.18. The van der Waals surface area contributed by atoms with Gasteiger partial charge in [-0.15, -0.1) is 0 Å². The van der Waals surface area contributed by atoms with E-state index in [1.165, 1.54) is 14.2 Å². The van der Waals surface area contributed by atoms with Crippen LogP contribution in [0, 0.1) is 0 Å². The van der Waals surface area contributed by atoms with Gasteiger partial charge in [0.15, 0.2) is 0 Å². The molecule has 0 saturated carbocycles. The Balaban J connectivity index is 1.73. The molecule has 2 aromatic carbocycles. The van der Waals surface area contributed by atoms with Crippen LogP contribution in [0.15, 0.2) is 48.5 Å². The van der Waals surface area contributed by atoms with Crippen molar-refractivity contribution in [1.82, 2.24) is 5.32 Å². The number of ether oxygens (including phenoxy) is 2. The molecule has 0 unspecified atom stereocenters. The Labute approximate surface area is 146 Å². The normalized spacial score (nSPS) is 16.6. The zero-order chi connectivity index (χ0) is 17.8. The van der Waals surface area contributed by atoms with Gasteiger partial charge >= 0.3 is 0 Å². The van der Waals surface area contributed by atoms with Gasteiger partial charge in [0.25, 0.3) is 5.91 Å². The largest absolute Gasteiger partial charge is 0.497 e. The van der Waals surface area contributed by atoms with Gasteiger partial charge in [-0.2, -0.15) is 0 Å². The molecule has 1 aliphatic rings. The first kappa shape index (κ1) is 16.8. The van der Waals surface area contributed by atoms with Crippen LogP contribution in [0.1, 0.15) is 16.8 Å². The summed E-state index contributed by atoms with van der Waals surface area (Å²) < 4.78 is 10.4. The Morgan fingerprint density at radius 3 is 2.56 bits per heavy atom. The number of carbonyl (C=O) groups excluding carboxylic acids is 2. The number of hydrogen-bond donors (Lipinski definition) is 1. The molecule has 130 valence electrons. The molecule has 2 aromatic rings. The van der Waals surface area contributed by atoms with E-state index < -0.39 is 0 Å². The molecule has 0 aliphatic carbocycles. The Morgan fingerprint density at radius 1 is 1.12 bits per heavy atom. The first-order valence-corrected chi connectivity index (χ1v) is 8.00. The van der Waals surface area contributed by atoms with E-state index in [-0.39, 0.29) is 24.3 Å². The summed E-state index contributed by atoms with van der Waals surface area (Å²) in [6.45, 7) is 0.445. The van der Waals surface area contributed by atoms with Crippen molar-refractivity contribution in [2.75, 3.05) is 25.7 Å². The average molecular weight is 340 g/mol. The second-order valence-corrected chi connectivity index (χ2v) is 5.78. The number of rotatable bonds is 5. The summed E-state index contributed by atoms with van der Waals surface area (Å²) >= 11 is 0. The lowest BCUT2D eigenvalue weighted by Crippen LogP contribution is -2.37. The van der Waals surface area contributed by atoms with Crippen molar-refractivity contribution in [3.63, 3.8) is 0 Å². The molecular weight excluding hydrogens is 320 g/mol. The number of nitrogens with zero attached hydrogens (tertiary/aromatic N) is 1. The molecular formula is C19H20N2O4. The molecule has 1 heterocycles. The predicted molar refractivity (Wildman–Crippen MR) is 94.2 cm³/mol. The lowest BCUT2D eigenvalue weighted by Gasteiger charge is -2.17. The summed E-state index contributed by atoms with van der Waals surface area (Å²) in [4.78, 5) is 26.6. The van der Waals surface area contributed by atoms with Crippen LogP contribution in [0.3, 0.4) is 0 Å². The van der Waals surface area contributed by atoms with Gasteiger partial charge in [0.2, 0.25) is 5.91 Å². The molecule has 0 radical (unpaired) electrons. The highest BCUT2D eigenvalue weighted by atomic mass is 16.5. The van der Waals surface area contributed by atoms with E-state index >= 15 is 0 Å². The van der Waals surface area contributed by atoms with Gasteiger partial charge in [0, 0.05) is 18.7 Å². The number of anilines is 1. The van der Waals surface area contributed by atoms with Crippen LogP contribution >= 0.6 is 0 Å². The molecule has 6 heteroatoms. The fourth-order valence-corrected chi connectivity index (χ4v) is 2.92. The number of methoxy groups -OCH3 is 2. The van der Waals surface area contributed by atoms with Gasteiger partial charge in [0.05, 0.1) is 25.8 Å². The molecule has 3 rings (SSSR count). The maximum Gasteiger partial charge on any atom is 0.255 e. The maximum atomic E-state index is 12.6. The first-order chi connectivity index (χ1) is 12.1. The van der Waals surface area contributed by atoms with Crippen molar-refractivity contribution in [2.45, 2.75) is 12.5 Å². The van der Waals surface area contributed by atoms with Gasteiger partial charge in [-0.25, -0.2) is 0 Å². The van der Waals surface area contributed by atoms with Crippen LogP contribution in [0.5, 0.6) is 11.5 Å².